The number of fused-ring (bicyclic) bond motifs is 4. The summed E-state index contributed by atoms with van der Waals surface area (Å²) in [6, 6.07) is 29.1. The number of carbonyl (C=O) groups excluding carboxylic acids is 11. The van der Waals surface area contributed by atoms with Gasteiger partial charge in [0.15, 0.2) is 0 Å². The molecule has 0 unspecified atom stereocenters. The third kappa shape index (κ3) is 28.6. The number of aromatic nitrogens is 4. The Kier molecular flexibility index (Phi) is 34.4. The first kappa shape index (κ1) is 107. The van der Waals surface area contributed by atoms with Crippen LogP contribution in [0.4, 0.5) is 50.2 Å². The number of pyridine rings is 4. The first-order chi connectivity index (χ1) is 64.0. The monoisotopic (exact) mass is 2120 g/mol. The summed E-state index contributed by atoms with van der Waals surface area (Å²) in [5.74, 6) is 0.123. The Morgan fingerprint density at radius 3 is 1.01 bits per heavy atom. The van der Waals surface area contributed by atoms with Gasteiger partial charge < -0.3 is 91.8 Å². The number of hydrogen-bond acceptors (Lipinski definition) is 25. The van der Waals surface area contributed by atoms with Crippen LogP contribution >= 0.6 is 45.2 Å². The van der Waals surface area contributed by atoms with Gasteiger partial charge in [-0.2, -0.15) is 4.39 Å². The summed E-state index contributed by atoms with van der Waals surface area (Å²) in [4.78, 5) is 175. The number of likely N-dealkylation sites (tertiary alicyclic amines) is 6. The van der Waals surface area contributed by atoms with E-state index in [2.05, 4.69) is 65.1 Å². The summed E-state index contributed by atoms with van der Waals surface area (Å²) >= 11 is 4.41. The fraction of sp³-hybridized carbons (Fsp3) is 0.495. The van der Waals surface area contributed by atoms with Gasteiger partial charge >= 0.3 is 48.6 Å². The summed E-state index contributed by atoms with van der Waals surface area (Å²) in [6.07, 6.45) is 11.6. The lowest BCUT2D eigenvalue weighted by Crippen LogP contribution is -2.65. The van der Waals surface area contributed by atoms with Crippen molar-refractivity contribution in [1.29, 1.82) is 0 Å². The zero-order chi connectivity index (χ0) is 101. The van der Waals surface area contributed by atoms with Gasteiger partial charge in [0.25, 0.3) is 0 Å². The minimum Gasteiger partial charge on any atom is -0.497 e. The summed E-state index contributed by atoms with van der Waals surface area (Å²) in [5.41, 5.74) is 3.41. The number of hydrogen-bond donors (Lipinski definition) is 1. The average molecular weight is 2120 g/mol. The summed E-state index contributed by atoms with van der Waals surface area (Å²) < 4.78 is 61.4. The maximum atomic E-state index is 13.4. The van der Waals surface area contributed by atoms with Crippen molar-refractivity contribution in [2.24, 2.45) is 23.7 Å². The molecule has 738 valence electrons. The van der Waals surface area contributed by atoms with Gasteiger partial charge in [0.1, 0.15) is 67.5 Å². The van der Waals surface area contributed by atoms with E-state index in [-0.39, 0.29) is 85.9 Å². The molecular formula is C99H124FI2N13O22. The van der Waals surface area contributed by atoms with E-state index in [1.807, 2.05) is 180 Å². The Hall–Kier alpha value is -12.1. The largest absolute Gasteiger partial charge is 0.497 e. The number of halogens is 3. The molecular weight excluding hydrogens is 2000 g/mol. The Morgan fingerprint density at radius 1 is 0.394 bits per heavy atom. The van der Waals surface area contributed by atoms with E-state index >= 15 is 0 Å². The van der Waals surface area contributed by atoms with E-state index in [4.69, 9.17) is 47.7 Å². The van der Waals surface area contributed by atoms with Gasteiger partial charge in [-0.15, -0.1) is 0 Å². The normalized spacial score (nSPS) is 16.3. The Labute approximate surface area is 825 Å². The van der Waals surface area contributed by atoms with E-state index in [1.54, 1.807) is 147 Å². The van der Waals surface area contributed by atoms with Crippen LogP contribution in [0.2, 0.25) is 0 Å². The fourth-order valence-electron chi connectivity index (χ4n) is 15.2. The lowest BCUT2D eigenvalue weighted by atomic mass is 9.75. The van der Waals surface area contributed by atoms with Crippen molar-refractivity contribution in [3.63, 3.8) is 0 Å². The molecule has 8 aliphatic rings. The number of rotatable bonds is 16. The summed E-state index contributed by atoms with van der Waals surface area (Å²) in [7, 11) is 4.87. The van der Waals surface area contributed by atoms with Crippen molar-refractivity contribution in [2.75, 3.05) is 115 Å². The number of amides is 9. The number of aliphatic carboxylic acids is 1. The van der Waals surface area contributed by atoms with Gasteiger partial charge in [0.2, 0.25) is 17.7 Å². The zero-order valence-electron chi connectivity index (χ0n) is 81.4. The van der Waals surface area contributed by atoms with Crippen molar-refractivity contribution in [3.05, 3.63) is 187 Å². The van der Waals surface area contributed by atoms with Gasteiger partial charge in [0, 0.05) is 123 Å². The number of methoxy groups -OCH3 is 3. The molecule has 1 N–H and O–H groups in total. The van der Waals surface area contributed by atoms with Crippen molar-refractivity contribution < 1.29 is 110 Å². The molecule has 6 saturated heterocycles. The zero-order valence-corrected chi connectivity index (χ0v) is 85.8. The number of carbonyl (C=O) groups is 12. The molecule has 0 saturated carbocycles. The second kappa shape index (κ2) is 44.1. The molecule has 0 aliphatic carbocycles. The maximum Gasteiger partial charge on any atom is 0.410 e. The highest BCUT2D eigenvalue weighted by atomic mass is 127. The van der Waals surface area contributed by atoms with E-state index in [1.165, 1.54) is 9.80 Å². The highest BCUT2D eigenvalue weighted by Crippen LogP contribution is 2.50. The average Bonchev–Trinajstić information content (AvgIpc) is 1.55. The molecule has 35 nitrogen and oxygen atoms in total. The molecule has 15 rings (SSSR count). The highest BCUT2D eigenvalue weighted by molar-refractivity contribution is 14.1. The fourth-order valence-corrected chi connectivity index (χ4v) is 16.3. The van der Waals surface area contributed by atoms with Crippen LogP contribution in [-0.4, -0.2) is 260 Å². The predicted octanol–water partition coefficient (Wildman–Crippen LogP) is 15.3. The second-order valence-electron chi connectivity index (χ2n) is 40.3. The Morgan fingerprint density at radius 2 is 0.693 bits per heavy atom. The highest BCUT2D eigenvalue weighted by Gasteiger charge is 2.62. The Balaban J connectivity index is 0.000000174. The van der Waals surface area contributed by atoms with Crippen LogP contribution in [0.25, 0.3) is 0 Å². The minimum atomic E-state index is -1.36. The van der Waals surface area contributed by atoms with Crippen LogP contribution < -0.4 is 28.9 Å². The van der Waals surface area contributed by atoms with Crippen LogP contribution in [-0.2, 0) is 94.1 Å². The van der Waals surface area contributed by atoms with Gasteiger partial charge in [-0.05, 0) is 264 Å². The van der Waals surface area contributed by atoms with E-state index in [9.17, 15) is 61.9 Å². The SMILES string of the molecule is CC(C)(C)OC(=O)N1CC(C(=O)Cc2cnccc2I)C1.CC(C)(C)OC(=O)N1CC(C(=O)F)C1.CC(C)(C)OC(=O)N1CC(C(=O)O)C1.COc1ccc(CN(C(=O)C2CN(C(=O)OC(C)(C)C)C2)c2cnccc2I)cc1.COc1ccc(CN2C(=O)C3(CN(C(=O)OC(C)(C)C)C3)c3ccncc32)cc1.COc1ccc(CN2C(=O)C3(CN(C(=O)OC(C)(C)C)C3)c3ccncc32)cc1. The Bertz CT molecular complexity index is 5290. The van der Waals surface area contributed by atoms with Crippen molar-refractivity contribution in [3.8, 4) is 17.2 Å². The number of carboxylic acids is 1. The molecule has 3 aromatic carbocycles. The molecule has 2 spiro atoms. The molecule has 9 amide bonds. The van der Waals surface area contributed by atoms with Crippen molar-refractivity contribution in [1.82, 2.24) is 49.3 Å². The maximum absolute atomic E-state index is 13.4. The van der Waals surface area contributed by atoms with Crippen LogP contribution in [0.15, 0.2) is 147 Å². The molecule has 4 aromatic heterocycles. The molecule has 0 bridgehead atoms. The van der Waals surface area contributed by atoms with Gasteiger partial charge in [-0.1, -0.05) is 36.4 Å². The molecule has 12 heterocycles. The number of Topliss-reactive ketones (excluding diaryl/α,β-unsaturated/α-hetero) is 1. The molecule has 0 atom stereocenters. The molecule has 8 aliphatic heterocycles. The number of ether oxygens (including phenoxy) is 9. The second-order valence-corrected chi connectivity index (χ2v) is 42.6. The minimum absolute atomic E-state index is 0.00359. The van der Waals surface area contributed by atoms with Crippen LogP contribution in [0, 0.1) is 30.8 Å². The molecule has 7 aromatic rings. The third-order valence-corrected chi connectivity index (χ3v) is 24.3. The number of anilines is 3. The quantitative estimate of drug-likeness (QED) is 0.0533. The smallest absolute Gasteiger partial charge is 0.410 e. The lowest BCUT2D eigenvalue weighted by molar-refractivity contribution is -0.147. The first-order valence-corrected chi connectivity index (χ1v) is 46.9. The van der Waals surface area contributed by atoms with Gasteiger partial charge in [-0.25, -0.2) is 28.8 Å². The molecule has 137 heavy (non-hydrogen) atoms. The van der Waals surface area contributed by atoms with Gasteiger partial charge in [0.05, 0.1) is 100 Å². The lowest BCUT2D eigenvalue weighted by Gasteiger charge is -2.46. The van der Waals surface area contributed by atoms with Crippen LogP contribution in [0.5, 0.6) is 17.2 Å². The van der Waals surface area contributed by atoms with E-state index in [0.717, 1.165) is 74.8 Å². The topological polar surface area (TPSA) is 389 Å². The summed E-state index contributed by atoms with van der Waals surface area (Å²) in [6.45, 7) is 37.5. The predicted molar refractivity (Wildman–Crippen MR) is 522 cm³/mol. The van der Waals surface area contributed by atoms with E-state index in [0.29, 0.717) is 78.4 Å². The van der Waals surface area contributed by atoms with Crippen molar-refractivity contribution >= 4 is 134 Å². The molecule has 0 radical (unpaired) electrons. The van der Waals surface area contributed by atoms with Crippen molar-refractivity contribution in [2.45, 2.75) is 195 Å². The molecule has 38 heteroatoms. The third-order valence-electron chi connectivity index (χ3n) is 22.3. The number of nitrogens with zero attached hydrogens (tertiary/aromatic N) is 13. The summed E-state index contributed by atoms with van der Waals surface area (Å²) in [5, 5.41) is 8.59. The van der Waals surface area contributed by atoms with Gasteiger partial charge in [-0.3, -0.25) is 48.7 Å². The van der Waals surface area contributed by atoms with E-state index < -0.39 is 80.5 Å². The first-order valence-electron chi connectivity index (χ1n) is 44.7. The molecule has 6 fully saturated rings. The van der Waals surface area contributed by atoms with Crippen LogP contribution in [0.1, 0.15) is 158 Å². The standard InChI is InChI=1S/C22H26IN3O4.2C22H25N3O4.C15H19IN2O3.C9H14FNO3.C9H15NO4/c1-22(2,3)30-21(28)25-13-16(14-25)20(27)26(19-11-24-10-9-18(19)23)12-15-5-7-17(29-4)8-6-15;2*1-21(2,3)29-20(27)24-13-22(14-24)17-9-10-23-11-18(17)25(19(22)26)12-15-5-7-16(28-4)8-6-15;1-15(2,3)21-14(20)18-8-11(9-18)13(19)6-10-7-17-5-4-12(10)16;1-9(2,3)14-8(13)11-4-6(5-11)7(10)12;1-9(2,3)14-8(13)10-4-6(5-10)7(11)12/h5-11,16H,12-14H2,1-4H3;2*5-11H,12-14H2,1-4H3;4-5,7,11H,6,8-9H2,1-3H3;6H,4-5H2,1-3H3;6H,4-5H2,1-3H3,(H,11,12). The van der Waals surface area contributed by atoms with Crippen LogP contribution in [0.3, 0.4) is 0 Å². The number of ketones is 1. The number of carboxylic acid groups (broad SMARTS) is 1. The number of benzene rings is 3.